The van der Waals surface area contributed by atoms with Crippen molar-refractivity contribution in [3.05, 3.63) is 9.90 Å². The van der Waals surface area contributed by atoms with Gasteiger partial charge in [0.05, 0.1) is 6.20 Å². The van der Waals surface area contributed by atoms with Gasteiger partial charge in [-0.1, -0.05) is 11.3 Å². The van der Waals surface area contributed by atoms with Crippen molar-refractivity contribution in [3.8, 4) is 0 Å². The second kappa shape index (κ2) is 7.06. The monoisotopic (exact) mass is 503 g/mol. The zero-order chi connectivity index (χ0) is 19.2. The number of amides is 1. The maximum Gasteiger partial charge on any atom is 0.410 e. The smallest absolute Gasteiger partial charge is 0.410 e. The van der Waals surface area contributed by atoms with Gasteiger partial charge in [-0.15, -0.1) is 5.10 Å². The molecule has 2 aliphatic rings. The number of carbonyl (C=O) groups is 1. The van der Waals surface area contributed by atoms with Gasteiger partial charge in [0.2, 0.25) is 10.1 Å². The van der Waals surface area contributed by atoms with E-state index in [1.54, 1.807) is 11.3 Å². The molecule has 2 aromatic rings. The molecule has 1 amide bonds. The lowest BCUT2D eigenvalue weighted by molar-refractivity contribution is 0.00666. The molecule has 0 aromatic carbocycles. The Hall–Kier alpha value is -1.10. The molecule has 0 saturated carbocycles. The lowest BCUT2D eigenvalue weighted by Crippen LogP contribution is -2.49. The van der Waals surface area contributed by atoms with Crippen LogP contribution in [0.15, 0.2) is 6.20 Å². The first-order valence-electron chi connectivity index (χ1n) is 9.48. The van der Waals surface area contributed by atoms with E-state index in [2.05, 4.69) is 32.5 Å². The van der Waals surface area contributed by atoms with E-state index < -0.39 is 5.60 Å². The summed E-state index contributed by atoms with van der Waals surface area (Å²) in [6, 6.07) is 0. The SMILES string of the molecule is CC(C)(C)OC(=O)N1CCC2(CC1)CCN(c1nn3c(I)cnc3s1)CC2. The molecule has 0 atom stereocenters. The summed E-state index contributed by atoms with van der Waals surface area (Å²) in [5.41, 5.74) is -0.0658. The molecule has 2 aliphatic heterocycles. The van der Waals surface area contributed by atoms with Crippen LogP contribution in [0.2, 0.25) is 0 Å². The maximum absolute atomic E-state index is 12.3. The highest BCUT2D eigenvalue weighted by molar-refractivity contribution is 14.1. The molecule has 2 fully saturated rings. The molecule has 2 aromatic heterocycles. The lowest BCUT2D eigenvalue weighted by Gasteiger charge is -2.46. The molecule has 7 nitrogen and oxygen atoms in total. The van der Waals surface area contributed by atoms with Crippen molar-refractivity contribution < 1.29 is 9.53 Å². The summed E-state index contributed by atoms with van der Waals surface area (Å²) >= 11 is 3.93. The number of hydrogen-bond acceptors (Lipinski definition) is 6. The fraction of sp³-hybridized carbons (Fsp3) is 0.722. The molecule has 1 spiro atoms. The highest BCUT2D eigenvalue weighted by Gasteiger charge is 2.39. The third-order valence-electron chi connectivity index (χ3n) is 5.60. The van der Waals surface area contributed by atoms with Crippen molar-refractivity contribution in [3.63, 3.8) is 0 Å². The summed E-state index contributed by atoms with van der Waals surface area (Å²) in [4.78, 5) is 21.9. The highest BCUT2D eigenvalue weighted by Crippen LogP contribution is 2.42. The Kier molecular flexibility index (Phi) is 5.02. The Morgan fingerprint density at radius 1 is 1.19 bits per heavy atom. The number of rotatable bonds is 1. The molecule has 0 aliphatic carbocycles. The standard InChI is InChI=1S/C18H26IN5O2S/c1-17(2,3)26-16(25)23-10-6-18(7-11-23)4-8-22(9-5-18)15-21-24-13(19)12-20-14(24)27-15/h12H,4-11H2,1-3H3. The molecular formula is C18H26IN5O2S. The zero-order valence-corrected chi connectivity index (χ0v) is 19.0. The number of piperidine rings is 2. The van der Waals surface area contributed by atoms with E-state index in [4.69, 9.17) is 9.84 Å². The fourth-order valence-electron chi connectivity index (χ4n) is 3.95. The first kappa shape index (κ1) is 19.2. The maximum atomic E-state index is 12.3. The predicted octanol–water partition coefficient (Wildman–Crippen LogP) is 4.01. The van der Waals surface area contributed by atoms with Gasteiger partial charge in [0.25, 0.3) is 0 Å². The topological polar surface area (TPSA) is 63.0 Å². The van der Waals surface area contributed by atoms with Gasteiger partial charge in [-0.05, 0) is 74.5 Å². The van der Waals surface area contributed by atoms with Crippen LogP contribution in [0.1, 0.15) is 46.5 Å². The van der Waals surface area contributed by atoms with Gasteiger partial charge in [0.1, 0.15) is 9.30 Å². The van der Waals surface area contributed by atoms with E-state index in [1.165, 1.54) is 0 Å². The minimum absolute atomic E-state index is 0.171. The van der Waals surface area contributed by atoms with Crippen LogP contribution < -0.4 is 4.90 Å². The van der Waals surface area contributed by atoms with Crippen molar-refractivity contribution in [2.45, 2.75) is 52.1 Å². The van der Waals surface area contributed by atoms with Crippen LogP contribution in [0, 0.1) is 9.12 Å². The quantitative estimate of drug-likeness (QED) is 0.551. The van der Waals surface area contributed by atoms with Crippen LogP contribution in [-0.4, -0.2) is 57.4 Å². The Morgan fingerprint density at radius 3 is 2.41 bits per heavy atom. The number of aromatic nitrogens is 3. The first-order chi connectivity index (χ1) is 12.7. The minimum atomic E-state index is -0.428. The van der Waals surface area contributed by atoms with E-state index in [1.807, 2.05) is 36.4 Å². The van der Waals surface area contributed by atoms with Crippen LogP contribution in [0.3, 0.4) is 0 Å². The molecule has 0 N–H and O–H groups in total. The number of halogens is 1. The number of carbonyl (C=O) groups excluding carboxylic acids is 1. The summed E-state index contributed by atoms with van der Waals surface area (Å²) in [6.45, 7) is 9.42. The van der Waals surface area contributed by atoms with Crippen LogP contribution in [0.5, 0.6) is 0 Å². The van der Waals surface area contributed by atoms with E-state index >= 15 is 0 Å². The average Bonchev–Trinajstić information content (AvgIpc) is 3.17. The van der Waals surface area contributed by atoms with Crippen molar-refractivity contribution in [1.82, 2.24) is 19.5 Å². The van der Waals surface area contributed by atoms with Crippen LogP contribution in [0.4, 0.5) is 9.93 Å². The molecule has 0 radical (unpaired) electrons. The van der Waals surface area contributed by atoms with Crippen LogP contribution in [-0.2, 0) is 4.74 Å². The van der Waals surface area contributed by atoms with E-state index in [0.717, 1.165) is 65.7 Å². The van der Waals surface area contributed by atoms with Gasteiger partial charge in [-0.2, -0.15) is 4.52 Å². The van der Waals surface area contributed by atoms with Gasteiger partial charge < -0.3 is 14.5 Å². The number of imidazole rings is 1. The molecule has 2 saturated heterocycles. The van der Waals surface area contributed by atoms with Gasteiger partial charge in [0, 0.05) is 26.2 Å². The second-order valence-electron chi connectivity index (χ2n) is 8.61. The summed E-state index contributed by atoms with van der Waals surface area (Å²) in [6.07, 6.45) is 6.14. The largest absolute Gasteiger partial charge is 0.444 e. The summed E-state index contributed by atoms with van der Waals surface area (Å²) < 4.78 is 8.49. The molecule has 0 unspecified atom stereocenters. The van der Waals surface area contributed by atoms with Gasteiger partial charge in [-0.3, -0.25) is 0 Å². The molecule has 27 heavy (non-hydrogen) atoms. The number of hydrogen-bond donors (Lipinski definition) is 0. The summed E-state index contributed by atoms with van der Waals surface area (Å²) in [5.74, 6) is 0. The predicted molar refractivity (Wildman–Crippen MR) is 115 cm³/mol. The van der Waals surface area contributed by atoms with E-state index in [0.29, 0.717) is 5.41 Å². The lowest BCUT2D eigenvalue weighted by atomic mass is 9.71. The molecule has 0 bridgehead atoms. The van der Waals surface area contributed by atoms with Gasteiger partial charge >= 0.3 is 6.09 Å². The Balaban J connectivity index is 1.33. The number of ether oxygens (including phenoxy) is 1. The van der Waals surface area contributed by atoms with Crippen molar-refractivity contribution in [2.75, 3.05) is 31.1 Å². The zero-order valence-electron chi connectivity index (χ0n) is 16.1. The first-order valence-corrected chi connectivity index (χ1v) is 11.4. The number of fused-ring (bicyclic) bond motifs is 1. The summed E-state index contributed by atoms with van der Waals surface area (Å²) in [5, 5.41) is 5.79. The van der Waals surface area contributed by atoms with Crippen LogP contribution >= 0.6 is 33.9 Å². The van der Waals surface area contributed by atoms with Crippen molar-refractivity contribution in [1.29, 1.82) is 0 Å². The van der Waals surface area contributed by atoms with Crippen molar-refractivity contribution in [2.24, 2.45) is 5.41 Å². The van der Waals surface area contributed by atoms with E-state index in [9.17, 15) is 4.79 Å². The summed E-state index contributed by atoms with van der Waals surface area (Å²) in [7, 11) is 0. The highest BCUT2D eigenvalue weighted by atomic mass is 127. The third-order valence-corrected chi connectivity index (χ3v) is 7.32. The third kappa shape index (κ3) is 4.03. The number of nitrogens with zero attached hydrogens (tertiary/aromatic N) is 5. The second-order valence-corrected chi connectivity index (χ2v) is 10.7. The average molecular weight is 503 g/mol. The minimum Gasteiger partial charge on any atom is -0.444 e. The molecule has 9 heteroatoms. The number of anilines is 1. The Labute approximate surface area is 177 Å². The normalized spacial score (nSPS) is 20.4. The Morgan fingerprint density at radius 2 is 1.81 bits per heavy atom. The Bertz CT molecular complexity index is 825. The number of likely N-dealkylation sites (tertiary alicyclic amines) is 1. The molecular weight excluding hydrogens is 477 g/mol. The van der Waals surface area contributed by atoms with Crippen molar-refractivity contribution >= 4 is 50.1 Å². The van der Waals surface area contributed by atoms with Gasteiger partial charge in [0.15, 0.2) is 0 Å². The fourth-order valence-corrected chi connectivity index (χ4v) is 5.52. The van der Waals surface area contributed by atoms with E-state index in [-0.39, 0.29) is 6.09 Å². The van der Waals surface area contributed by atoms with Gasteiger partial charge in [-0.25, -0.2) is 9.78 Å². The molecule has 4 heterocycles. The molecule has 148 valence electrons. The van der Waals surface area contributed by atoms with Crippen LogP contribution in [0.25, 0.3) is 4.96 Å². The molecule has 4 rings (SSSR count).